The second kappa shape index (κ2) is 5.28. The molecule has 0 saturated carbocycles. The fourth-order valence-corrected chi connectivity index (χ4v) is 2.33. The van der Waals surface area contributed by atoms with Crippen LogP contribution >= 0.6 is 0 Å². The third-order valence-electron chi connectivity index (χ3n) is 3.62. The van der Waals surface area contributed by atoms with Crippen molar-refractivity contribution in [1.29, 1.82) is 0 Å². The van der Waals surface area contributed by atoms with Gasteiger partial charge in [-0.15, -0.1) is 0 Å². The lowest BCUT2D eigenvalue weighted by molar-refractivity contribution is 0.00897. The van der Waals surface area contributed by atoms with Gasteiger partial charge in [-0.3, -0.25) is 4.90 Å². The highest BCUT2D eigenvalue weighted by atomic mass is 16.3. The van der Waals surface area contributed by atoms with Gasteiger partial charge in [0.25, 0.3) is 0 Å². The fraction of sp³-hybridized carbons (Fsp3) is 1.00. The van der Waals surface area contributed by atoms with Crippen molar-refractivity contribution in [2.75, 3.05) is 26.3 Å². The highest BCUT2D eigenvalue weighted by Gasteiger charge is 2.30. The first kappa shape index (κ1) is 12.9. The van der Waals surface area contributed by atoms with Crippen molar-refractivity contribution in [2.24, 2.45) is 11.3 Å². The Bertz CT molecular complexity index is 192. The van der Waals surface area contributed by atoms with Gasteiger partial charge in [-0.1, -0.05) is 13.8 Å². The summed E-state index contributed by atoms with van der Waals surface area (Å²) in [5, 5.41) is 18.5. The van der Waals surface area contributed by atoms with Crippen molar-refractivity contribution in [3.05, 3.63) is 0 Å². The van der Waals surface area contributed by atoms with E-state index in [0.29, 0.717) is 6.04 Å². The van der Waals surface area contributed by atoms with E-state index in [1.165, 1.54) is 12.8 Å². The largest absolute Gasteiger partial charge is 0.396 e. The first-order valence-corrected chi connectivity index (χ1v) is 5.96. The topological polar surface area (TPSA) is 43.7 Å². The SMILES string of the molecule is CC1CCN(CC(C)(CO)CO)C(C)C1. The molecule has 1 rings (SSSR count). The van der Waals surface area contributed by atoms with E-state index in [4.69, 9.17) is 0 Å². The first-order chi connectivity index (χ1) is 7.00. The zero-order chi connectivity index (χ0) is 11.5. The molecule has 1 aliphatic heterocycles. The zero-order valence-corrected chi connectivity index (χ0v) is 10.2. The Hall–Kier alpha value is -0.120. The molecular weight excluding hydrogens is 190 g/mol. The minimum Gasteiger partial charge on any atom is -0.396 e. The number of nitrogens with zero attached hydrogens (tertiary/aromatic N) is 1. The monoisotopic (exact) mass is 215 g/mol. The van der Waals surface area contributed by atoms with E-state index in [0.717, 1.165) is 19.0 Å². The average molecular weight is 215 g/mol. The molecule has 0 spiro atoms. The van der Waals surface area contributed by atoms with Crippen LogP contribution in [0.15, 0.2) is 0 Å². The van der Waals surface area contributed by atoms with Gasteiger partial charge in [0, 0.05) is 18.0 Å². The second-order valence-electron chi connectivity index (χ2n) is 5.58. The van der Waals surface area contributed by atoms with Gasteiger partial charge in [0.05, 0.1) is 13.2 Å². The van der Waals surface area contributed by atoms with Gasteiger partial charge in [-0.2, -0.15) is 0 Å². The van der Waals surface area contributed by atoms with Crippen LogP contribution in [0.4, 0.5) is 0 Å². The maximum atomic E-state index is 9.27. The van der Waals surface area contributed by atoms with Gasteiger partial charge in [0.2, 0.25) is 0 Å². The molecule has 15 heavy (non-hydrogen) atoms. The Morgan fingerprint density at radius 2 is 1.87 bits per heavy atom. The number of aliphatic hydroxyl groups excluding tert-OH is 2. The Labute approximate surface area is 93.1 Å². The zero-order valence-electron chi connectivity index (χ0n) is 10.2. The highest BCUT2D eigenvalue weighted by Crippen LogP contribution is 2.26. The van der Waals surface area contributed by atoms with E-state index in [1.54, 1.807) is 0 Å². The average Bonchev–Trinajstić information content (AvgIpc) is 2.22. The van der Waals surface area contributed by atoms with Crippen molar-refractivity contribution in [3.63, 3.8) is 0 Å². The van der Waals surface area contributed by atoms with Gasteiger partial charge < -0.3 is 10.2 Å². The molecule has 0 aliphatic carbocycles. The molecule has 0 bridgehead atoms. The van der Waals surface area contributed by atoms with Crippen LogP contribution in [-0.4, -0.2) is 47.5 Å². The van der Waals surface area contributed by atoms with Crippen molar-refractivity contribution in [1.82, 2.24) is 4.90 Å². The molecule has 0 aromatic rings. The molecule has 3 heteroatoms. The van der Waals surface area contributed by atoms with Crippen LogP contribution in [0, 0.1) is 11.3 Å². The van der Waals surface area contributed by atoms with Crippen molar-refractivity contribution < 1.29 is 10.2 Å². The summed E-state index contributed by atoms with van der Waals surface area (Å²) < 4.78 is 0. The Balaban J connectivity index is 2.50. The summed E-state index contributed by atoms with van der Waals surface area (Å²) in [5.74, 6) is 0.811. The molecule has 0 radical (unpaired) electrons. The molecule has 1 saturated heterocycles. The molecule has 1 heterocycles. The summed E-state index contributed by atoms with van der Waals surface area (Å²) in [6.07, 6.45) is 2.46. The third-order valence-corrected chi connectivity index (χ3v) is 3.62. The Morgan fingerprint density at radius 1 is 1.27 bits per heavy atom. The van der Waals surface area contributed by atoms with E-state index in [9.17, 15) is 10.2 Å². The van der Waals surface area contributed by atoms with Crippen molar-refractivity contribution >= 4 is 0 Å². The van der Waals surface area contributed by atoms with E-state index < -0.39 is 0 Å². The van der Waals surface area contributed by atoms with Gasteiger partial charge in [0.1, 0.15) is 0 Å². The molecule has 3 nitrogen and oxygen atoms in total. The third kappa shape index (κ3) is 3.44. The molecular formula is C12H25NO2. The van der Waals surface area contributed by atoms with Gasteiger partial charge in [0.15, 0.2) is 0 Å². The smallest absolute Gasteiger partial charge is 0.0519 e. The van der Waals surface area contributed by atoms with E-state index in [1.807, 2.05) is 6.92 Å². The predicted molar refractivity (Wildman–Crippen MR) is 61.7 cm³/mol. The number of piperidine rings is 1. The molecule has 0 aromatic heterocycles. The summed E-state index contributed by atoms with van der Waals surface area (Å²) >= 11 is 0. The maximum Gasteiger partial charge on any atom is 0.0519 e. The molecule has 1 fully saturated rings. The number of aliphatic hydroxyl groups is 2. The molecule has 2 N–H and O–H groups in total. The molecule has 2 unspecified atom stereocenters. The summed E-state index contributed by atoms with van der Waals surface area (Å²) in [4.78, 5) is 2.40. The highest BCUT2D eigenvalue weighted by molar-refractivity contribution is 4.83. The fourth-order valence-electron chi connectivity index (χ4n) is 2.33. The molecule has 0 aromatic carbocycles. The van der Waals surface area contributed by atoms with Crippen LogP contribution in [0.2, 0.25) is 0 Å². The van der Waals surface area contributed by atoms with Crippen LogP contribution in [0.1, 0.15) is 33.6 Å². The first-order valence-electron chi connectivity index (χ1n) is 5.96. The Kier molecular flexibility index (Phi) is 4.56. The summed E-state index contributed by atoms with van der Waals surface area (Å²) in [7, 11) is 0. The molecule has 2 atom stereocenters. The lowest BCUT2D eigenvalue weighted by atomic mass is 9.88. The lowest BCUT2D eigenvalue weighted by Crippen LogP contribution is -2.48. The number of hydrogen-bond donors (Lipinski definition) is 2. The summed E-state index contributed by atoms with van der Waals surface area (Å²) in [6, 6.07) is 0.575. The van der Waals surface area contributed by atoms with Crippen LogP contribution in [-0.2, 0) is 0 Å². The number of hydrogen-bond acceptors (Lipinski definition) is 3. The van der Waals surface area contributed by atoms with Crippen LogP contribution in [0.25, 0.3) is 0 Å². The van der Waals surface area contributed by atoms with E-state index in [2.05, 4.69) is 18.7 Å². The predicted octanol–water partition coefficient (Wildman–Crippen LogP) is 1.10. The molecule has 0 amide bonds. The minimum atomic E-state index is -0.352. The van der Waals surface area contributed by atoms with Gasteiger partial charge >= 0.3 is 0 Å². The normalized spacial score (nSPS) is 29.4. The van der Waals surface area contributed by atoms with E-state index in [-0.39, 0.29) is 18.6 Å². The van der Waals surface area contributed by atoms with Gasteiger partial charge in [-0.05, 0) is 32.2 Å². The van der Waals surface area contributed by atoms with E-state index >= 15 is 0 Å². The van der Waals surface area contributed by atoms with Crippen molar-refractivity contribution in [3.8, 4) is 0 Å². The molecule has 1 aliphatic rings. The standard InChI is InChI=1S/C12H25NO2/c1-10-4-5-13(11(2)6-10)7-12(3,8-14)9-15/h10-11,14-15H,4-9H2,1-3H3. The summed E-state index contributed by atoms with van der Waals surface area (Å²) in [5.41, 5.74) is -0.352. The summed E-state index contributed by atoms with van der Waals surface area (Å²) in [6.45, 7) is 8.49. The van der Waals surface area contributed by atoms with Crippen LogP contribution in [0.3, 0.4) is 0 Å². The Morgan fingerprint density at radius 3 is 2.33 bits per heavy atom. The number of likely N-dealkylation sites (tertiary alicyclic amines) is 1. The number of rotatable bonds is 4. The van der Waals surface area contributed by atoms with Gasteiger partial charge in [-0.25, -0.2) is 0 Å². The quantitative estimate of drug-likeness (QED) is 0.738. The van der Waals surface area contributed by atoms with Crippen LogP contribution < -0.4 is 0 Å². The van der Waals surface area contributed by atoms with Crippen molar-refractivity contribution in [2.45, 2.75) is 39.7 Å². The molecule has 90 valence electrons. The second-order valence-corrected chi connectivity index (χ2v) is 5.58. The lowest BCUT2D eigenvalue weighted by Gasteiger charge is -2.41. The maximum absolute atomic E-state index is 9.27. The van der Waals surface area contributed by atoms with Crippen LogP contribution in [0.5, 0.6) is 0 Å². The minimum absolute atomic E-state index is 0.0578.